The number of rotatable bonds is 7. The van der Waals surface area contributed by atoms with E-state index in [4.69, 9.17) is 13.9 Å². The number of hydrogen-bond donors (Lipinski definition) is 1. The predicted octanol–water partition coefficient (Wildman–Crippen LogP) is 4.73. The third-order valence-electron chi connectivity index (χ3n) is 6.42. The fourth-order valence-corrected chi connectivity index (χ4v) is 4.45. The van der Waals surface area contributed by atoms with Gasteiger partial charge in [-0.05, 0) is 61.0 Å². The van der Waals surface area contributed by atoms with Crippen molar-refractivity contribution in [1.29, 1.82) is 0 Å². The summed E-state index contributed by atoms with van der Waals surface area (Å²) in [6, 6.07) is 22.7. The van der Waals surface area contributed by atoms with E-state index < -0.39 is 0 Å². The lowest BCUT2D eigenvalue weighted by atomic mass is 10.2. The first kappa shape index (κ1) is 24.2. The molecule has 0 unspecified atom stereocenters. The van der Waals surface area contributed by atoms with Crippen LogP contribution in [0.2, 0.25) is 0 Å². The number of benzene rings is 3. The Balaban J connectivity index is 1.29. The maximum Gasteiger partial charge on any atom is 0.291 e. The Morgan fingerprint density at radius 3 is 2.41 bits per heavy atom. The van der Waals surface area contributed by atoms with Crippen molar-refractivity contribution in [2.75, 3.05) is 50.1 Å². The number of piperazine rings is 1. The van der Waals surface area contributed by atoms with Crippen molar-refractivity contribution in [2.24, 2.45) is 0 Å². The molecule has 8 nitrogen and oxygen atoms in total. The van der Waals surface area contributed by atoms with Crippen LogP contribution in [0.5, 0.6) is 11.5 Å². The molecule has 1 aliphatic heterocycles. The van der Waals surface area contributed by atoms with Crippen LogP contribution in [-0.4, -0.2) is 56.6 Å². The first-order valence-corrected chi connectivity index (χ1v) is 12.2. The number of aryl methyl sites for hydroxylation is 1. The number of methoxy groups -OCH3 is 1. The van der Waals surface area contributed by atoms with Gasteiger partial charge < -0.3 is 29.0 Å². The molecule has 1 N–H and O–H groups in total. The number of hydrogen-bond acceptors (Lipinski definition) is 6. The number of anilines is 2. The number of carbonyl (C=O) groups is 2. The van der Waals surface area contributed by atoms with Gasteiger partial charge in [-0.15, -0.1) is 0 Å². The van der Waals surface area contributed by atoms with Crippen LogP contribution in [0.4, 0.5) is 11.4 Å². The van der Waals surface area contributed by atoms with Gasteiger partial charge in [-0.2, -0.15) is 0 Å². The van der Waals surface area contributed by atoms with Gasteiger partial charge in [0.25, 0.3) is 11.8 Å². The second-order valence-corrected chi connectivity index (χ2v) is 8.93. The zero-order valence-corrected chi connectivity index (χ0v) is 20.9. The summed E-state index contributed by atoms with van der Waals surface area (Å²) in [5.41, 5.74) is 3.03. The minimum Gasteiger partial charge on any atom is -0.497 e. The van der Waals surface area contributed by atoms with Crippen LogP contribution in [-0.2, 0) is 4.79 Å². The van der Waals surface area contributed by atoms with Crippen LogP contribution < -0.4 is 19.7 Å². The van der Waals surface area contributed by atoms with E-state index in [0.29, 0.717) is 48.6 Å². The molecule has 1 aliphatic rings. The van der Waals surface area contributed by atoms with Crippen molar-refractivity contribution in [1.82, 2.24) is 4.90 Å². The lowest BCUT2D eigenvalue weighted by Gasteiger charge is -2.35. The van der Waals surface area contributed by atoms with E-state index in [1.54, 1.807) is 24.1 Å². The summed E-state index contributed by atoms with van der Waals surface area (Å²) in [4.78, 5) is 30.3. The highest BCUT2D eigenvalue weighted by Crippen LogP contribution is 2.32. The first-order valence-electron chi connectivity index (χ1n) is 12.2. The molecule has 0 saturated carbocycles. The van der Waals surface area contributed by atoms with Crippen molar-refractivity contribution in [2.45, 2.75) is 6.92 Å². The van der Waals surface area contributed by atoms with Crippen LogP contribution >= 0.6 is 0 Å². The van der Waals surface area contributed by atoms with Gasteiger partial charge in [0.15, 0.2) is 6.61 Å². The molecule has 2 amide bonds. The Morgan fingerprint density at radius 2 is 1.68 bits per heavy atom. The van der Waals surface area contributed by atoms with Crippen molar-refractivity contribution >= 4 is 34.2 Å². The second kappa shape index (κ2) is 10.7. The Bertz CT molecular complexity index is 1400. The van der Waals surface area contributed by atoms with E-state index in [-0.39, 0.29) is 24.2 Å². The number of fused-ring (bicyclic) bond motifs is 1. The minimum absolute atomic E-state index is 0.128. The fourth-order valence-electron chi connectivity index (χ4n) is 4.45. The van der Waals surface area contributed by atoms with Gasteiger partial charge in [0.05, 0.1) is 7.11 Å². The van der Waals surface area contributed by atoms with Crippen LogP contribution in [0.15, 0.2) is 77.2 Å². The maximum absolute atomic E-state index is 13.5. The summed E-state index contributed by atoms with van der Waals surface area (Å²) < 4.78 is 16.8. The molecule has 0 atom stereocenters. The fraction of sp³-hybridized carbons (Fsp3) is 0.241. The quantitative estimate of drug-likeness (QED) is 0.396. The molecule has 1 fully saturated rings. The van der Waals surface area contributed by atoms with Crippen molar-refractivity contribution in [3.8, 4) is 11.5 Å². The van der Waals surface area contributed by atoms with E-state index in [0.717, 1.165) is 17.0 Å². The summed E-state index contributed by atoms with van der Waals surface area (Å²) in [5.74, 6) is 0.925. The molecule has 0 radical (unpaired) electrons. The third kappa shape index (κ3) is 5.38. The topological polar surface area (TPSA) is 84.3 Å². The molecule has 1 aromatic heterocycles. The maximum atomic E-state index is 13.5. The highest BCUT2D eigenvalue weighted by molar-refractivity contribution is 6.11. The Kier molecular flexibility index (Phi) is 6.98. The Labute approximate surface area is 215 Å². The monoisotopic (exact) mass is 499 g/mol. The number of carbonyl (C=O) groups excluding carboxylic acids is 2. The minimum atomic E-state index is -0.369. The van der Waals surface area contributed by atoms with E-state index in [1.807, 2.05) is 67.6 Å². The van der Waals surface area contributed by atoms with Gasteiger partial charge >= 0.3 is 0 Å². The zero-order valence-electron chi connectivity index (χ0n) is 20.9. The van der Waals surface area contributed by atoms with Gasteiger partial charge in [0.2, 0.25) is 5.76 Å². The average molecular weight is 500 g/mol. The number of amides is 2. The standard InChI is InChI=1S/C29H29N3O5/c1-20-6-5-7-23(18-20)36-19-26(33)30-27-24-8-3-4-9-25(24)37-28(27)29(34)32-16-14-31(15-17-32)21-10-12-22(35-2)13-11-21/h3-13,18H,14-17,19H2,1-2H3,(H,30,33). The Hall–Kier alpha value is -4.46. The van der Waals surface area contributed by atoms with Gasteiger partial charge in [-0.1, -0.05) is 24.3 Å². The number of nitrogens with zero attached hydrogens (tertiary/aromatic N) is 2. The van der Waals surface area contributed by atoms with Gasteiger partial charge in [-0.25, -0.2) is 0 Å². The highest BCUT2D eigenvalue weighted by atomic mass is 16.5. The Morgan fingerprint density at radius 1 is 0.919 bits per heavy atom. The number of ether oxygens (including phenoxy) is 2. The normalized spacial score (nSPS) is 13.5. The molecule has 4 aromatic rings. The van der Waals surface area contributed by atoms with E-state index in [9.17, 15) is 9.59 Å². The molecule has 0 bridgehead atoms. The molecule has 1 saturated heterocycles. The lowest BCUT2D eigenvalue weighted by Crippen LogP contribution is -2.48. The summed E-state index contributed by atoms with van der Waals surface area (Å²) >= 11 is 0. The van der Waals surface area contributed by atoms with E-state index in [2.05, 4.69) is 10.2 Å². The molecular formula is C29H29N3O5. The summed E-state index contributed by atoms with van der Waals surface area (Å²) in [7, 11) is 1.64. The van der Waals surface area contributed by atoms with Crippen molar-refractivity contribution in [3.63, 3.8) is 0 Å². The van der Waals surface area contributed by atoms with E-state index >= 15 is 0 Å². The molecule has 2 heterocycles. The lowest BCUT2D eigenvalue weighted by molar-refractivity contribution is -0.118. The second-order valence-electron chi connectivity index (χ2n) is 8.93. The predicted molar refractivity (Wildman–Crippen MR) is 143 cm³/mol. The van der Waals surface area contributed by atoms with Gasteiger partial charge in [0.1, 0.15) is 22.8 Å². The number of nitrogens with one attached hydrogen (secondary N) is 1. The largest absolute Gasteiger partial charge is 0.497 e. The molecule has 8 heteroatoms. The smallest absolute Gasteiger partial charge is 0.291 e. The van der Waals surface area contributed by atoms with Crippen LogP contribution in [0.25, 0.3) is 11.0 Å². The van der Waals surface area contributed by atoms with Crippen molar-refractivity contribution in [3.05, 3.63) is 84.1 Å². The number of para-hydroxylation sites is 1. The summed E-state index contributed by atoms with van der Waals surface area (Å²) in [5, 5.41) is 3.53. The summed E-state index contributed by atoms with van der Waals surface area (Å²) in [6.07, 6.45) is 0. The average Bonchev–Trinajstić information content (AvgIpc) is 3.30. The van der Waals surface area contributed by atoms with Gasteiger partial charge in [-0.3, -0.25) is 9.59 Å². The molecule has 5 rings (SSSR count). The molecule has 0 aliphatic carbocycles. The SMILES string of the molecule is COc1ccc(N2CCN(C(=O)c3oc4ccccc4c3NC(=O)COc3cccc(C)c3)CC2)cc1. The van der Waals surface area contributed by atoms with Crippen LogP contribution in [0, 0.1) is 6.92 Å². The highest BCUT2D eigenvalue weighted by Gasteiger charge is 2.29. The first-order chi connectivity index (χ1) is 18.0. The molecule has 190 valence electrons. The number of furan rings is 1. The summed E-state index contributed by atoms with van der Waals surface area (Å²) in [6.45, 7) is 4.21. The molecule has 0 spiro atoms. The van der Waals surface area contributed by atoms with Crippen molar-refractivity contribution < 1.29 is 23.5 Å². The zero-order chi connectivity index (χ0) is 25.8. The van der Waals surface area contributed by atoms with Crippen LogP contribution in [0.1, 0.15) is 16.1 Å². The van der Waals surface area contributed by atoms with Gasteiger partial charge in [0, 0.05) is 37.3 Å². The van der Waals surface area contributed by atoms with E-state index in [1.165, 1.54) is 0 Å². The molecule has 37 heavy (non-hydrogen) atoms. The third-order valence-corrected chi connectivity index (χ3v) is 6.42. The molecule has 3 aromatic carbocycles. The molecular weight excluding hydrogens is 470 g/mol. The van der Waals surface area contributed by atoms with Crippen LogP contribution in [0.3, 0.4) is 0 Å².